The number of aromatic nitrogens is 5. The van der Waals surface area contributed by atoms with Crippen LogP contribution in [0.1, 0.15) is 18.3 Å². The monoisotopic (exact) mass is 409 g/mol. The van der Waals surface area contributed by atoms with Gasteiger partial charge in [0.1, 0.15) is 11.6 Å². The summed E-state index contributed by atoms with van der Waals surface area (Å²) in [6, 6.07) is 5.80. The first-order chi connectivity index (χ1) is 14.4. The third kappa shape index (κ3) is 3.68. The second kappa shape index (κ2) is 7.91. The van der Waals surface area contributed by atoms with E-state index in [0.717, 1.165) is 40.6 Å². The van der Waals surface area contributed by atoms with Gasteiger partial charge in [-0.05, 0) is 26.8 Å². The molecule has 158 valence electrons. The van der Waals surface area contributed by atoms with Gasteiger partial charge in [0.2, 0.25) is 5.88 Å². The molecule has 9 heteroatoms. The number of anilines is 2. The van der Waals surface area contributed by atoms with Crippen LogP contribution in [0.2, 0.25) is 0 Å². The van der Waals surface area contributed by atoms with Crippen molar-refractivity contribution in [2.75, 3.05) is 37.5 Å². The molecule has 0 aliphatic carbocycles. The number of nitrogen functional groups attached to an aromatic ring is 1. The van der Waals surface area contributed by atoms with Crippen LogP contribution in [0.3, 0.4) is 0 Å². The fourth-order valence-electron chi connectivity index (χ4n) is 3.81. The Morgan fingerprint density at radius 1 is 1.17 bits per heavy atom. The lowest BCUT2D eigenvalue weighted by atomic mass is 10.1. The predicted octanol–water partition coefficient (Wildman–Crippen LogP) is 2.37. The maximum atomic E-state index is 5.99. The van der Waals surface area contributed by atoms with Gasteiger partial charge in [-0.1, -0.05) is 0 Å². The molecule has 4 heterocycles. The van der Waals surface area contributed by atoms with Crippen LogP contribution in [0.5, 0.6) is 5.88 Å². The molecule has 0 unspecified atom stereocenters. The lowest BCUT2D eigenvalue weighted by Crippen LogP contribution is -2.44. The van der Waals surface area contributed by atoms with Crippen LogP contribution < -0.4 is 15.4 Å². The van der Waals surface area contributed by atoms with Crippen molar-refractivity contribution >= 4 is 11.6 Å². The first-order valence-corrected chi connectivity index (χ1v) is 9.93. The second-order valence-electron chi connectivity index (χ2n) is 7.54. The summed E-state index contributed by atoms with van der Waals surface area (Å²) >= 11 is 0. The number of hydrogen-bond donors (Lipinski definition) is 1. The Balaban J connectivity index is 1.92. The lowest BCUT2D eigenvalue weighted by Gasteiger charge is -2.34. The molecule has 3 aromatic heterocycles. The maximum absolute atomic E-state index is 5.99. The van der Waals surface area contributed by atoms with E-state index in [1.807, 2.05) is 31.6 Å². The number of ether oxygens (including phenoxy) is 2. The van der Waals surface area contributed by atoms with Gasteiger partial charge in [-0.25, -0.2) is 9.97 Å². The SMILES string of the molecule is COc1cc(-c2nc(-c3c(C)nn(C)c3C)cc(N3CCOC[C@H]3C)n2)cc(N)n1. The predicted molar refractivity (Wildman–Crippen MR) is 116 cm³/mol. The molecule has 30 heavy (non-hydrogen) atoms. The van der Waals surface area contributed by atoms with Crippen molar-refractivity contribution < 1.29 is 9.47 Å². The molecular weight excluding hydrogens is 382 g/mol. The highest BCUT2D eigenvalue weighted by Crippen LogP contribution is 2.32. The number of aryl methyl sites for hydroxylation is 2. The lowest BCUT2D eigenvalue weighted by molar-refractivity contribution is 0.0985. The molecule has 1 aliphatic heterocycles. The molecule has 1 aliphatic rings. The van der Waals surface area contributed by atoms with Crippen LogP contribution in [-0.2, 0) is 11.8 Å². The van der Waals surface area contributed by atoms with Crippen molar-refractivity contribution in [2.24, 2.45) is 7.05 Å². The van der Waals surface area contributed by atoms with Gasteiger partial charge in [-0.15, -0.1) is 0 Å². The number of morpholine rings is 1. The molecule has 1 fully saturated rings. The molecule has 2 N–H and O–H groups in total. The molecule has 0 saturated carbocycles. The minimum absolute atomic E-state index is 0.211. The second-order valence-corrected chi connectivity index (χ2v) is 7.54. The first-order valence-electron chi connectivity index (χ1n) is 9.93. The highest BCUT2D eigenvalue weighted by atomic mass is 16.5. The van der Waals surface area contributed by atoms with Gasteiger partial charge in [0.05, 0.1) is 37.8 Å². The van der Waals surface area contributed by atoms with Gasteiger partial charge in [0.15, 0.2) is 5.82 Å². The summed E-state index contributed by atoms with van der Waals surface area (Å²) in [4.78, 5) is 16.2. The number of rotatable bonds is 4. The molecule has 0 amide bonds. The van der Waals surface area contributed by atoms with Gasteiger partial charge in [0.25, 0.3) is 0 Å². The molecule has 1 saturated heterocycles. The molecule has 0 aromatic carbocycles. The quantitative estimate of drug-likeness (QED) is 0.700. The molecular formula is C21H27N7O2. The van der Waals surface area contributed by atoms with E-state index < -0.39 is 0 Å². The normalized spacial score (nSPS) is 16.7. The topological polar surface area (TPSA) is 104 Å². The average Bonchev–Trinajstić information content (AvgIpc) is 2.99. The van der Waals surface area contributed by atoms with Gasteiger partial charge in [-0.3, -0.25) is 4.68 Å². The number of nitrogens with zero attached hydrogens (tertiary/aromatic N) is 6. The summed E-state index contributed by atoms with van der Waals surface area (Å²) in [5.74, 6) is 2.20. The summed E-state index contributed by atoms with van der Waals surface area (Å²) in [6.45, 7) is 8.27. The van der Waals surface area contributed by atoms with Crippen molar-refractivity contribution in [3.8, 4) is 28.5 Å². The summed E-state index contributed by atoms with van der Waals surface area (Å²) in [5, 5.41) is 4.56. The Kier molecular flexibility index (Phi) is 5.29. The fraction of sp³-hybridized carbons (Fsp3) is 0.429. The zero-order chi connectivity index (χ0) is 21.4. The van der Waals surface area contributed by atoms with E-state index in [9.17, 15) is 0 Å². The zero-order valence-corrected chi connectivity index (χ0v) is 18.0. The van der Waals surface area contributed by atoms with Crippen molar-refractivity contribution in [3.63, 3.8) is 0 Å². The molecule has 9 nitrogen and oxygen atoms in total. The summed E-state index contributed by atoms with van der Waals surface area (Å²) in [5.41, 5.74) is 10.5. The summed E-state index contributed by atoms with van der Waals surface area (Å²) in [6.07, 6.45) is 0. The van der Waals surface area contributed by atoms with Crippen LogP contribution >= 0.6 is 0 Å². The highest BCUT2D eigenvalue weighted by molar-refractivity contribution is 5.72. The number of nitrogens with two attached hydrogens (primary N) is 1. The minimum Gasteiger partial charge on any atom is -0.481 e. The Labute approximate surface area is 175 Å². The standard InChI is InChI=1S/C21H27N7O2/c1-12-11-30-7-6-28(12)18-10-16(20-13(2)26-27(4)14(20)3)23-21(25-18)15-8-17(22)24-19(9-15)29-5/h8-10,12H,6-7,11H2,1-5H3,(H2,22,24)/t12-/m1/s1. The first kappa shape index (κ1) is 20.1. The van der Waals surface area contributed by atoms with Gasteiger partial charge >= 0.3 is 0 Å². The van der Waals surface area contributed by atoms with Crippen molar-refractivity contribution in [1.82, 2.24) is 24.7 Å². The fourth-order valence-corrected chi connectivity index (χ4v) is 3.81. The van der Waals surface area contributed by atoms with Crippen LogP contribution in [0.4, 0.5) is 11.6 Å². The van der Waals surface area contributed by atoms with E-state index in [1.54, 1.807) is 19.2 Å². The van der Waals surface area contributed by atoms with Crippen LogP contribution in [-0.4, -0.2) is 57.6 Å². The van der Waals surface area contributed by atoms with Gasteiger partial charge in [-0.2, -0.15) is 10.1 Å². The van der Waals surface area contributed by atoms with E-state index in [4.69, 9.17) is 25.2 Å². The molecule has 0 bridgehead atoms. The smallest absolute Gasteiger partial charge is 0.215 e. The average molecular weight is 409 g/mol. The highest BCUT2D eigenvalue weighted by Gasteiger charge is 2.24. The molecule has 3 aromatic rings. The van der Waals surface area contributed by atoms with E-state index >= 15 is 0 Å². The third-order valence-corrected chi connectivity index (χ3v) is 5.43. The Morgan fingerprint density at radius 2 is 1.97 bits per heavy atom. The van der Waals surface area contributed by atoms with Gasteiger partial charge < -0.3 is 20.1 Å². The molecule has 0 spiro atoms. The third-order valence-electron chi connectivity index (χ3n) is 5.43. The van der Waals surface area contributed by atoms with Crippen LogP contribution in [0, 0.1) is 13.8 Å². The number of pyridine rings is 1. The van der Waals surface area contributed by atoms with Crippen molar-refractivity contribution in [3.05, 3.63) is 29.6 Å². The van der Waals surface area contributed by atoms with Crippen LogP contribution in [0.15, 0.2) is 18.2 Å². The summed E-state index contributed by atoms with van der Waals surface area (Å²) in [7, 11) is 3.50. The zero-order valence-electron chi connectivity index (χ0n) is 18.0. The number of methoxy groups -OCH3 is 1. The summed E-state index contributed by atoms with van der Waals surface area (Å²) < 4.78 is 12.8. The maximum Gasteiger partial charge on any atom is 0.215 e. The molecule has 0 radical (unpaired) electrons. The van der Waals surface area contributed by atoms with E-state index in [-0.39, 0.29) is 6.04 Å². The Hall–Kier alpha value is -3.20. The van der Waals surface area contributed by atoms with E-state index in [2.05, 4.69) is 21.9 Å². The Bertz CT molecular complexity index is 1080. The van der Waals surface area contributed by atoms with E-state index in [0.29, 0.717) is 30.7 Å². The minimum atomic E-state index is 0.211. The van der Waals surface area contributed by atoms with Crippen LogP contribution in [0.25, 0.3) is 22.6 Å². The van der Waals surface area contributed by atoms with Crippen molar-refractivity contribution in [2.45, 2.75) is 26.8 Å². The number of hydrogen-bond acceptors (Lipinski definition) is 8. The Morgan fingerprint density at radius 3 is 2.63 bits per heavy atom. The van der Waals surface area contributed by atoms with E-state index in [1.165, 1.54) is 0 Å². The largest absolute Gasteiger partial charge is 0.481 e. The van der Waals surface area contributed by atoms with Gasteiger partial charge in [0, 0.05) is 42.5 Å². The molecule has 4 rings (SSSR count). The molecule has 1 atom stereocenters. The van der Waals surface area contributed by atoms with Crippen molar-refractivity contribution in [1.29, 1.82) is 0 Å².